The van der Waals surface area contributed by atoms with Crippen molar-refractivity contribution in [2.75, 3.05) is 22.9 Å². The molecule has 0 aliphatic heterocycles. The van der Waals surface area contributed by atoms with Crippen LogP contribution in [0, 0.1) is 0 Å². The average Bonchev–Trinajstić information content (AvgIpc) is 2.37. The fourth-order valence-electron chi connectivity index (χ4n) is 1.37. The SMILES string of the molecule is CC(O)Oc1ccc(N)cc1N.Cl.Cl.Cl.Cl.Nc1ccccc1N.O. The summed E-state index contributed by atoms with van der Waals surface area (Å²) in [5.41, 5.74) is 24.1. The second-order valence-corrected chi connectivity index (χ2v) is 4.14. The first-order chi connectivity index (χ1) is 9.40. The molecule has 0 fully saturated rings. The number of aliphatic hydroxyl groups is 1. The number of aliphatic hydroxyl groups excluding tert-OH is 1. The van der Waals surface area contributed by atoms with Crippen LogP contribution in [0.4, 0.5) is 22.7 Å². The Hall–Kier alpha value is -1.48. The van der Waals surface area contributed by atoms with E-state index in [9.17, 15) is 0 Å². The molecule has 1 atom stereocenters. The van der Waals surface area contributed by atoms with E-state index in [1.807, 2.05) is 12.1 Å². The fourth-order valence-corrected chi connectivity index (χ4v) is 1.37. The lowest BCUT2D eigenvalue weighted by atomic mass is 10.2. The molecular weight excluding hydrogens is 414 g/mol. The molecule has 0 saturated carbocycles. The summed E-state index contributed by atoms with van der Waals surface area (Å²) < 4.78 is 4.97. The van der Waals surface area contributed by atoms with Gasteiger partial charge in [-0.15, -0.1) is 49.6 Å². The summed E-state index contributed by atoms with van der Waals surface area (Å²) in [6.07, 6.45) is -0.865. The van der Waals surface area contributed by atoms with E-state index >= 15 is 0 Å². The van der Waals surface area contributed by atoms with Gasteiger partial charge in [-0.05, 0) is 37.3 Å². The third kappa shape index (κ3) is 13.5. The van der Waals surface area contributed by atoms with Crippen molar-refractivity contribution >= 4 is 72.4 Å². The predicted molar refractivity (Wildman–Crippen MR) is 115 cm³/mol. The third-order valence-electron chi connectivity index (χ3n) is 2.33. The van der Waals surface area contributed by atoms with Gasteiger partial charge in [0.15, 0.2) is 6.29 Å². The van der Waals surface area contributed by atoms with Crippen molar-refractivity contribution in [3.05, 3.63) is 42.5 Å². The maximum Gasteiger partial charge on any atom is 0.194 e. The van der Waals surface area contributed by atoms with Crippen molar-refractivity contribution in [2.24, 2.45) is 0 Å². The van der Waals surface area contributed by atoms with Crippen LogP contribution in [-0.2, 0) is 0 Å². The number of hydrogen-bond donors (Lipinski definition) is 5. The zero-order chi connectivity index (χ0) is 15.1. The molecule has 2 rings (SSSR count). The van der Waals surface area contributed by atoms with Crippen molar-refractivity contribution in [2.45, 2.75) is 13.2 Å². The highest BCUT2D eigenvalue weighted by Gasteiger charge is 2.02. The summed E-state index contributed by atoms with van der Waals surface area (Å²) in [5, 5.41) is 8.89. The van der Waals surface area contributed by atoms with Gasteiger partial charge in [0, 0.05) is 5.69 Å². The Kier molecular flexibility index (Phi) is 24.1. The van der Waals surface area contributed by atoms with Crippen LogP contribution in [-0.4, -0.2) is 16.9 Å². The molecule has 148 valence electrons. The molecule has 2 aromatic rings. The van der Waals surface area contributed by atoms with E-state index in [0.29, 0.717) is 28.5 Å². The van der Waals surface area contributed by atoms with Gasteiger partial charge in [0.1, 0.15) is 5.75 Å². The summed E-state index contributed by atoms with van der Waals surface area (Å²) in [4.78, 5) is 0. The number of para-hydroxylation sites is 2. The van der Waals surface area contributed by atoms with Crippen LogP contribution in [0.5, 0.6) is 5.75 Å². The molecule has 0 aromatic heterocycles. The molecule has 0 amide bonds. The van der Waals surface area contributed by atoms with Gasteiger partial charge in [-0.3, -0.25) is 0 Å². The minimum Gasteiger partial charge on any atom is -0.463 e. The van der Waals surface area contributed by atoms with Gasteiger partial charge in [-0.1, -0.05) is 12.1 Å². The molecule has 11 N–H and O–H groups in total. The average molecular weight is 440 g/mol. The lowest BCUT2D eigenvalue weighted by molar-refractivity contribution is 0.000281. The number of ether oxygens (including phenoxy) is 1. The zero-order valence-electron chi connectivity index (χ0n) is 13.4. The number of benzene rings is 2. The van der Waals surface area contributed by atoms with Gasteiger partial charge in [0.2, 0.25) is 0 Å². The summed E-state index contributed by atoms with van der Waals surface area (Å²) in [6, 6.07) is 12.1. The van der Waals surface area contributed by atoms with Crippen molar-refractivity contribution in [1.82, 2.24) is 0 Å². The van der Waals surface area contributed by atoms with Crippen molar-refractivity contribution in [3.63, 3.8) is 0 Å². The first-order valence-corrected chi connectivity index (χ1v) is 6.00. The Bertz CT molecular complexity index is 557. The number of rotatable bonds is 2. The maximum atomic E-state index is 8.89. The van der Waals surface area contributed by atoms with Crippen molar-refractivity contribution in [1.29, 1.82) is 0 Å². The number of halogens is 4. The van der Waals surface area contributed by atoms with Crippen LogP contribution in [0.2, 0.25) is 0 Å². The van der Waals surface area contributed by atoms with Crippen LogP contribution in [0.1, 0.15) is 6.92 Å². The number of hydrogen-bond acceptors (Lipinski definition) is 6. The van der Waals surface area contributed by atoms with E-state index in [0.717, 1.165) is 0 Å². The Morgan fingerprint density at radius 2 is 1.24 bits per heavy atom. The molecule has 0 aliphatic rings. The summed E-state index contributed by atoms with van der Waals surface area (Å²) in [7, 11) is 0. The molecule has 0 bridgehead atoms. The quantitative estimate of drug-likeness (QED) is 0.355. The molecule has 11 heteroatoms. The van der Waals surface area contributed by atoms with Gasteiger partial charge in [-0.2, -0.15) is 0 Å². The molecule has 0 radical (unpaired) electrons. The van der Waals surface area contributed by atoms with Crippen LogP contribution in [0.3, 0.4) is 0 Å². The Morgan fingerprint density at radius 1 is 0.800 bits per heavy atom. The topological polar surface area (TPSA) is 165 Å². The normalized spacial score (nSPS) is 8.88. The minimum atomic E-state index is -0.865. The van der Waals surface area contributed by atoms with E-state index in [4.69, 9.17) is 32.8 Å². The minimum absolute atomic E-state index is 0. The van der Waals surface area contributed by atoms with E-state index in [1.165, 1.54) is 6.92 Å². The fraction of sp³-hybridized carbons (Fsp3) is 0.143. The van der Waals surface area contributed by atoms with Crippen LogP contribution < -0.4 is 27.7 Å². The zero-order valence-corrected chi connectivity index (χ0v) is 16.7. The molecule has 1 unspecified atom stereocenters. The second-order valence-electron chi connectivity index (χ2n) is 4.14. The van der Waals surface area contributed by atoms with Crippen LogP contribution in [0.15, 0.2) is 42.5 Å². The molecule has 25 heavy (non-hydrogen) atoms. The van der Waals surface area contributed by atoms with E-state index < -0.39 is 6.29 Å². The molecule has 0 heterocycles. The van der Waals surface area contributed by atoms with E-state index in [2.05, 4.69) is 0 Å². The smallest absolute Gasteiger partial charge is 0.194 e. The molecule has 0 saturated heterocycles. The van der Waals surface area contributed by atoms with Crippen molar-refractivity contribution in [3.8, 4) is 5.75 Å². The molecule has 0 spiro atoms. The highest BCUT2D eigenvalue weighted by atomic mass is 35.5. The molecule has 0 aliphatic carbocycles. The molecule has 7 nitrogen and oxygen atoms in total. The molecule has 2 aromatic carbocycles. The van der Waals surface area contributed by atoms with Gasteiger partial charge < -0.3 is 38.3 Å². The van der Waals surface area contributed by atoms with E-state index in [1.54, 1.807) is 30.3 Å². The first kappa shape index (κ1) is 34.8. The second kappa shape index (κ2) is 17.3. The number of nitrogens with two attached hydrogens (primary N) is 4. The Morgan fingerprint density at radius 3 is 1.56 bits per heavy atom. The highest BCUT2D eigenvalue weighted by Crippen LogP contribution is 2.23. The van der Waals surface area contributed by atoms with Gasteiger partial charge in [0.05, 0.1) is 17.1 Å². The third-order valence-corrected chi connectivity index (χ3v) is 2.33. The monoisotopic (exact) mass is 438 g/mol. The van der Waals surface area contributed by atoms with Gasteiger partial charge in [-0.25, -0.2) is 0 Å². The van der Waals surface area contributed by atoms with Gasteiger partial charge >= 0.3 is 0 Å². The predicted octanol–water partition coefficient (Wildman–Crippen LogP) is 2.28. The van der Waals surface area contributed by atoms with Crippen LogP contribution in [0.25, 0.3) is 0 Å². The lowest BCUT2D eigenvalue weighted by Crippen LogP contribution is -2.10. The van der Waals surface area contributed by atoms with Crippen molar-refractivity contribution < 1.29 is 15.3 Å². The van der Waals surface area contributed by atoms with Gasteiger partial charge in [0.25, 0.3) is 0 Å². The first-order valence-electron chi connectivity index (χ1n) is 6.00. The summed E-state index contributed by atoms with van der Waals surface area (Å²) >= 11 is 0. The van der Waals surface area contributed by atoms with Crippen LogP contribution >= 0.6 is 49.6 Å². The maximum absolute atomic E-state index is 8.89. The summed E-state index contributed by atoms with van der Waals surface area (Å²) in [6.45, 7) is 1.51. The number of anilines is 4. The molecular formula is C14H26Cl4N4O3. The number of nitrogen functional groups attached to an aromatic ring is 4. The largest absolute Gasteiger partial charge is 0.463 e. The standard InChI is InChI=1S/C8H12N2O2.C6H8N2.4ClH.H2O/c1-5(11)12-8-3-2-6(9)4-7(8)10;7-5-3-1-2-4-6(5)8;;;;;/h2-5,11H,9-10H2,1H3;1-4H,7-8H2;4*1H;1H2. The lowest BCUT2D eigenvalue weighted by Gasteiger charge is -2.10. The van der Waals surface area contributed by atoms with E-state index in [-0.39, 0.29) is 55.1 Å². The highest BCUT2D eigenvalue weighted by molar-refractivity contribution is 5.86. The summed E-state index contributed by atoms with van der Waals surface area (Å²) in [5.74, 6) is 0.444. The Balaban J connectivity index is -0.0000000929. The Labute approximate surface area is 172 Å².